The lowest BCUT2D eigenvalue weighted by Gasteiger charge is -2.25. The zero-order chi connectivity index (χ0) is 24.1. The maximum Gasteiger partial charge on any atom is 0.257 e. The standard InChI is InChI=1S/C29H33N3O2/c1-5-34-25-14-12-24(13-15-25)28-18-27(26-16-11-21(2)17-22(26)3)30-32(28)29(33)20-31(4)19-23-9-7-6-8-10-23/h6-17,28H,5,18-20H2,1-4H3/t28-/m1/s1. The summed E-state index contributed by atoms with van der Waals surface area (Å²) in [5.74, 6) is 0.831. The first-order valence-electron chi connectivity index (χ1n) is 11.9. The fraction of sp³-hybridized carbons (Fsp3) is 0.310. The highest BCUT2D eigenvalue weighted by molar-refractivity contribution is 6.04. The molecule has 0 bridgehead atoms. The topological polar surface area (TPSA) is 45.1 Å². The van der Waals surface area contributed by atoms with Crippen molar-refractivity contribution in [1.29, 1.82) is 0 Å². The number of hydrogen-bond acceptors (Lipinski definition) is 4. The average molecular weight is 456 g/mol. The zero-order valence-electron chi connectivity index (χ0n) is 20.5. The molecule has 0 aliphatic carbocycles. The fourth-order valence-electron chi connectivity index (χ4n) is 4.51. The van der Waals surface area contributed by atoms with Crippen molar-refractivity contribution < 1.29 is 9.53 Å². The highest BCUT2D eigenvalue weighted by atomic mass is 16.5. The normalized spacial score (nSPS) is 15.5. The highest BCUT2D eigenvalue weighted by Gasteiger charge is 2.33. The Morgan fingerprint density at radius 1 is 1.06 bits per heavy atom. The molecule has 1 aliphatic rings. The smallest absolute Gasteiger partial charge is 0.257 e. The minimum atomic E-state index is -0.135. The third-order valence-electron chi connectivity index (χ3n) is 6.14. The Balaban J connectivity index is 1.58. The van der Waals surface area contributed by atoms with Gasteiger partial charge in [-0.3, -0.25) is 9.69 Å². The van der Waals surface area contributed by atoms with Crippen LogP contribution >= 0.6 is 0 Å². The number of carbonyl (C=O) groups is 1. The van der Waals surface area contributed by atoms with Crippen LogP contribution in [0.3, 0.4) is 0 Å². The van der Waals surface area contributed by atoms with Gasteiger partial charge in [0.1, 0.15) is 5.75 Å². The Kier molecular flexibility index (Phi) is 7.43. The van der Waals surface area contributed by atoms with Crippen molar-refractivity contribution in [1.82, 2.24) is 9.91 Å². The van der Waals surface area contributed by atoms with Crippen molar-refractivity contribution in [2.45, 2.75) is 39.8 Å². The number of hydrogen-bond donors (Lipinski definition) is 0. The van der Waals surface area contributed by atoms with Gasteiger partial charge in [0.15, 0.2) is 0 Å². The van der Waals surface area contributed by atoms with Crippen molar-refractivity contribution in [2.24, 2.45) is 5.10 Å². The number of ether oxygens (including phenoxy) is 1. The van der Waals surface area contributed by atoms with Crippen molar-refractivity contribution >= 4 is 11.6 Å². The molecule has 1 atom stereocenters. The molecule has 0 N–H and O–H groups in total. The second-order valence-corrected chi connectivity index (χ2v) is 8.98. The molecule has 1 aliphatic heterocycles. The molecular weight excluding hydrogens is 422 g/mol. The van der Waals surface area contributed by atoms with E-state index in [-0.39, 0.29) is 11.9 Å². The minimum Gasteiger partial charge on any atom is -0.494 e. The Labute approximate surface area is 202 Å². The van der Waals surface area contributed by atoms with Gasteiger partial charge in [0, 0.05) is 18.5 Å². The molecule has 0 radical (unpaired) electrons. The van der Waals surface area contributed by atoms with Crippen molar-refractivity contribution in [3.8, 4) is 5.75 Å². The molecule has 1 heterocycles. The average Bonchev–Trinajstić information content (AvgIpc) is 3.26. The summed E-state index contributed by atoms with van der Waals surface area (Å²) in [5, 5.41) is 6.55. The van der Waals surface area contributed by atoms with Crippen LogP contribution in [-0.2, 0) is 11.3 Å². The van der Waals surface area contributed by atoms with Gasteiger partial charge in [0.05, 0.1) is 24.9 Å². The number of likely N-dealkylation sites (N-methyl/N-ethyl adjacent to an activating group) is 1. The fourth-order valence-corrected chi connectivity index (χ4v) is 4.51. The van der Waals surface area contributed by atoms with Gasteiger partial charge < -0.3 is 4.74 Å². The van der Waals surface area contributed by atoms with E-state index in [2.05, 4.69) is 44.2 Å². The van der Waals surface area contributed by atoms with Gasteiger partial charge in [-0.15, -0.1) is 0 Å². The second kappa shape index (κ2) is 10.7. The third kappa shape index (κ3) is 5.54. The Hall–Kier alpha value is -3.44. The summed E-state index contributed by atoms with van der Waals surface area (Å²) in [6.07, 6.45) is 0.687. The zero-order valence-corrected chi connectivity index (χ0v) is 20.5. The van der Waals surface area contributed by atoms with Crippen LogP contribution in [0.4, 0.5) is 0 Å². The predicted molar refractivity (Wildman–Crippen MR) is 137 cm³/mol. The Morgan fingerprint density at radius 2 is 1.79 bits per heavy atom. The van der Waals surface area contributed by atoms with Gasteiger partial charge in [-0.05, 0) is 56.6 Å². The summed E-state index contributed by atoms with van der Waals surface area (Å²) in [5.41, 5.74) is 6.70. The number of hydrazone groups is 1. The van der Waals surface area contributed by atoms with Crippen molar-refractivity contribution in [3.63, 3.8) is 0 Å². The Bertz CT molecular complexity index is 1160. The number of carbonyl (C=O) groups excluding carboxylic acids is 1. The van der Waals surface area contributed by atoms with Gasteiger partial charge in [0.2, 0.25) is 0 Å². The largest absolute Gasteiger partial charge is 0.494 e. The van der Waals surface area contributed by atoms with E-state index in [0.717, 1.165) is 22.6 Å². The molecule has 0 unspecified atom stereocenters. The van der Waals surface area contributed by atoms with E-state index in [1.165, 1.54) is 16.7 Å². The first kappa shape index (κ1) is 23.7. The lowest BCUT2D eigenvalue weighted by molar-refractivity contribution is -0.134. The minimum absolute atomic E-state index is 0.00270. The second-order valence-electron chi connectivity index (χ2n) is 8.98. The summed E-state index contributed by atoms with van der Waals surface area (Å²) < 4.78 is 5.61. The van der Waals surface area contributed by atoms with E-state index in [9.17, 15) is 4.79 Å². The van der Waals surface area contributed by atoms with Gasteiger partial charge in [-0.2, -0.15) is 5.10 Å². The molecule has 5 heteroatoms. The molecule has 0 fully saturated rings. The highest BCUT2D eigenvalue weighted by Crippen LogP contribution is 2.34. The maximum absolute atomic E-state index is 13.5. The van der Waals surface area contributed by atoms with Gasteiger partial charge in [-0.25, -0.2) is 5.01 Å². The van der Waals surface area contributed by atoms with Crippen LogP contribution in [0.25, 0.3) is 0 Å². The molecular formula is C29H33N3O2. The third-order valence-corrected chi connectivity index (χ3v) is 6.14. The molecule has 0 saturated heterocycles. The number of amides is 1. The maximum atomic E-state index is 13.5. The Morgan fingerprint density at radius 3 is 2.47 bits per heavy atom. The van der Waals surface area contributed by atoms with Crippen molar-refractivity contribution in [3.05, 3.63) is 101 Å². The van der Waals surface area contributed by atoms with Gasteiger partial charge in [-0.1, -0.05) is 66.2 Å². The number of benzene rings is 3. The SMILES string of the molecule is CCOc1ccc([C@H]2CC(c3ccc(C)cc3C)=NN2C(=O)CN(C)Cc2ccccc2)cc1. The lowest BCUT2D eigenvalue weighted by atomic mass is 9.95. The molecule has 34 heavy (non-hydrogen) atoms. The first-order chi connectivity index (χ1) is 16.4. The van der Waals surface area contributed by atoms with E-state index in [4.69, 9.17) is 9.84 Å². The molecule has 3 aromatic rings. The van der Waals surface area contributed by atoms with Crippen LogP contribution in [0.1, 0.15) is 47.2 Å². The van der Waals surface area contributed by atoms with Crippen LogP contribution < -0.4 is 4.74 Å². The first-order valence-corrected chi connectivity index (χ1v) is 11.9. The quantitative estimate of drug-likeness (QED) is 0.450. The van der Waals surface area contributed by atoms with Crippen LogP contribution in [0, 0.1) is 13.8 Å². The van der Waals surface area contributed by atoms with Crippen LogP contribution in [0.15, 0.2) is 77.9 Å². The van der Waals surface area contributed by atoms with E-state index in [1.807, 2.05) is 61.3 Å². The lowest BCUT2D eigenvalue weighted by Crippen LogP contribution is -2.36. The summed E-state index contributed by atoms with van der Waals surface area (Å²) >= 11 is 0. The van der Waals surface area contributed by atoms with Crippen LogP contribution in [-0.4, -0.2) is 41.7 Å². The summed E-state index contributed by atoms with van der Waals surface area (Å²) in [7, 11) is 1.97. The van der Waals surface area contributed by atoms with Gasteiger partial charge >= 0.3 is 0 Å². The summed E-state index contributed by atoms with van der Waals surface area (Å²) in [6.45, 7) is 7.81. The molecule has 3 aromatic carbocycles. The van der Waals surface area contributed by atoms with Crippen LogP contribution in [0.5, 0.6) is 5.75 Å². The number of nitrogens with zero attached hydrogens (tertiary/aromatic N) is 3. The van der Waals surface area contributed by atoms with E-state index >= 15 is 0 Å². The molecule has 0 saturated carbocycles. The molecule has 176 valence electrons. The summed E-state index contributed by atoms with van der Waals surface area (Å²) in [6, 6.07) is 24.5. The monoisotopic (exact) mass is 455 g/mol. The molecule has 1 amide bonds. The molecule has 0 aromatic heterocycles. The van der Waals surface area contributed by atoms with Crippen LogP contribution in [0.2, 0.25) is 0 Å². The predicted octanol–water partition coefficient (Wildman–Crippen LogP) is 5.51. The van der Waals surface area contributed by atoms with Gasteiger partial charge in [0.25, 0.3) is 5.91 Å². The molecule has 5 nitrogen and oxygen atoms in total. The van der Waals surface area contributed by atoms with E-state index in [0.29, 0.717) is 26.1 Å². The number of aryl methyl sites for hydroxylation is 2. The van der Waals surface area contributed by atoms with E-state index < -0.39 is 0 Å². The molecule has 0 spiro atoms. The van der Waals surface area contributed by atoms with E-state index in [1.54, 1.807) is 5.01 Å². The van der Waals surface area contributed by atoms with Crippen molar-refractivity contribution in [2.75, 3.05) is 20.2 Å². The number of rotatable bonds is 8. The molecule has 4 rings (SSSR count). The summed E-state index contributed by atoms with van der Waals surface area (Å²) in [4.78, 5) is 15.5.